The minimum Gasteiger partial charge on any atom is -0.493 e. The van der Waals surface area contributed by atoms with Crippen LogP contribution in [0, 0.1) is 23.6 Å². The lowest BCUT2D eigenvalue weighted by atomic mass is 9.98. The molecule has 0 saturated carbocycles. The topological polar surface area (TPSA) is 162 Å². The molecule has 4 aliphatic heterocycles. The first-order valence-corrected chi connectivity index (χ1v) is 18.4. The van der Waals surface area contributed by atoms with Crippen LogP contribution >= 0.6 is 11.8 Å². The number of thioether (sulfide) groups is 1. The van der Waals surface area contributed by atoms with Crippen LogP contribution in [0.1, 0.15) is 70.6 Å². The van der Waals surface area contributed by atoms with Gasteiger partial charge in [0.25, 0.3) is 17.4 Å². The van der Waals surface area contributed by atoms with Gasteiger partial charge in [-0.05, 0) is 56.2 Å². The number of carbonyl (C=O) groups is 5. The van der Waals surface area contributed by atoms with Crippen LogP contribution in [0.5, 0.6) is 5.75 Å². The highest BCUT2D eigenvalue weighted by molar-refractivity contribution is 7.99. The summed E-state index contributed by atoms with van der Waals surface area (Å²) in [6, 6.07) is 6.63. The number of piperidine rings is 3. The number of rotatable bonds is 9. The Balaban J connectivity index is 0.895. The van der Waals surface area contributed by atoms with E-state index in [-0.39, 0.29) is 40.8 Å². The van der Waals surface area contributed by atoms with E-state index in [2.05, 4.69) is 32.0 Å². The summed E-state index contributed by atoms with van der Waals surface area (Å²) in [6.07, 6.45) is 4.47. The Morgan fingerprint density at radius 3 is 2.48 bits per heavy atom. The number of halogens is 1. The summed E-state index contributed by atoms with van der Waals surface area (Å²) in [6.45, 7) is 3.93. The van der Waals surface area contributed by atoms with E-state index in [9.17, 15) is 33.2 Å². The van der Waals surface area contributed by atoms with Gasteiger partial charge < -0.3 is 14.6 Å². The van der Waals surface area contributed by atoms with Gasteiger partial charge in [-0.25, -0.2) is 9.37 Å². The highest BCUT2D eigenvalue weighted by atomic mass is 32.2. The first kappa shape index (κ1) is 35.3. The summed E-state index contributed by atoms with van der Waals surface area (Å²) in [4.78, 5) is 85.8. The molecular formula is C37H37FN6O7S. The van der Waals surface area contributed by atoms with Crippen molar-refractivity contribution in [3.63, 3.8) is 0 Å². The Kier molecular flexibility index (Phi) is 10.4. The van der Waals surface area contributed by atoms with E-state index < -0.39 is 41.0 Å². The van der Waals surface area contributed by atoms with E-state index >= 15 is 0 Å². The molecule has 1 atom stereocenters. The van der Waals surface area contributed by atoms with Crippen LogP contribution in [0.2, 0.25) is 0 Å². The van der Waals surface area contributed by atoms with Crippen LogP contribution in [0.3, 0.4) is 0 Å². The van der Waals surface area contributed by atoms with E-state index in [0.717, 1.165) is 50.1 Å². The Labute approximate surface area is 302 Å². The molecule has 15 heteroatoms. The highest BCUT2D eigenvalue weighted by Gasteiger charge is 2.44. The average molecular weight is 729 g/mol. The van der Waals surface area contributed by atoms with E-state index in [1.165, 1.54) is 6.07 Å². The van der Waals surface area contributed by atoms with Gasteiger partial charge >= 0.3 is 0 Å². The first-order valence-electron chi connectivity index (χ1n) is 17.4. The van der Waals surface area contributed by atoms with Crippen molar-refractivity contribution >= 4 is 52.7 Å². The van der Waals surface area contributed by atoms with Crippen molar-refractivity contribution in [2.45, 2.75) is 55.6 Å². The number of fused-ring (bicyclic) bond motifs is 2. The summed E-state index contributed by atoms with van der Waals surface area (Å²) in [5.41, 5.74) is 0.731. The summed E-state index contributed by atoms with van der Waals surface area (Å²) in [5.74, 6) is 4.92. The number of nitrogens with zero attached hydrogens (tertiary/aromatic N) is 4. The Morgan fingerprint density at radius 1 is 0.962 bits per heavy atom. The van der Waals surface area contributed by atoms with Crippen molar-refractivity contribution in [3.8, 4) is 17.6 Å². The van der Waals surface area contributed by atoms with Crippen LogP contribution in [0.15, 0.2) is 35.1 Å². The standard InChI is InChI=1S/C37H37FN6O7S/c38-28-17-24(51-19-23-7-12-43(21-45)13-8-23)18-29-33(28)35(48)40-31(39-29)20-52-25-9-14-42(15-10-25)11-1-2-22-3-4-26-27(16-22)37(50)44(36(26)49)30-5-6-32(46)41-34(30)47/h3-4,16-18,21,23,25,30H,5-15,19-20H2,(H,39,40,48)(H,41,46,47). The van der Waals surface area contributed by atoms with Crippen molar-refractivity contribution in [1.29, 1.82) is 0 Å². The fourth-order valence-corrected chi connectivity index (χ4v) is 8.15. The fraction of sp³-hybridized carbons (Fsp3) is 0.432. The lowest BCUT2D eigenvalue weighted by molar-refractivity contribution is -0.136. The van der Waals surface area contributed by atoms with Gasteiger partial charge in [-0.2, -0.15) is 11.8 Å². The zero-order valence-corrected chi connectivity index (χ0v) is 29.1. The van der Waals surface area contributed by atoms with Crippen molar-refractivity contribution in [2.75, 3.05) is 39.3 Å². The monoisotopic (exact) mass is 728 g/mol. The van der Waals surface area contributed by atoms with Crippen LogP contribution < -0.4 is 15.6 Å². The maximum Gasteiger partial charge on any atom is 0.262 e. The number of nitrogens with one attached hydrogen (secondary N) is 2. The zero-order valence-electron chi connectivity index (χ0n) is 28.3. The normalized spacial score (nSPS) is 20.1. The van der Waals surface area contributed by atoms with Gasteiger partial charge in [-0.3, -0.25) is 43.9 Å². The van der Waals surface area contributed by atoms with E-state index in [0.29, 0.717) is 54.4 Å². The average Bonchev–Trinajstić information content (AvgIpc) is 3.38. The molecule has 7 rings (SSSR count). The van der Waals surface area contributed by atoms with Gasteiger partial charge in [0, 0.05) is 55.5 Å². The number of carbonyl (C=O) groups excluding carboxylic acids is 5. The molecule has 1 unspecified atom stereocenters. The summed E-state index contributed by atoms with van der Waals surface area (Å²) in [5, 5.41) is 2.45. The molecule has 270 valence electrons. The number of amides is 5. The third kappa shape index (κ3) is 7.58. The molecule has 0 bridgehead atoms. The van der Waals surface area contributed by atoms with Gasteiger partial charge in [0.05, 0.1) is 35.5 Å². The number of ether oxygens (including phenoxy) is 1. The smallest absolute Gasteiger partial charge is 0.262 e. The van der Waals surface area contributed by atoms with Crippen molar-refractivity contribution < 1.29 is 33.1 Å². The Morgan fingerprint density at radius 2 is 1.73 bits per heavy atom. The summed E-state index contributed by atoms with van der Waals surface area (Å²) in [7, 11) is 0. The van der Waals surface area contributed by atoms with Crippen molar-refractivity contribution in [3.05, 3.63) is 69.0 Å². The third-order valence-electron chi connectivity index (χ3n) is 10.0. The molecule has 5 heterocycles. The number of hydrogen-bond donors (Lipinski definition) is 2. The fourth-order valence-electron chi connectivity index (χ4n) is 7.07. The molecule has 52 heavy (non-hydrogen) atoms. The number of aromatic amines is 1. The highest BCUT2D eigenvalue weighted by Crippen LogP contribution is 2.29. The predicted molar refractivity (Wildman–Crippen MR) is 189 cm³/mol. The van der Waals surface area contributed by atoms with Crippen LogP contribution in [0.4, 0.5) is 4.39 Å². The van der Waals surface area contributed by atoms with Crippen LogP contribution in [-0.2, 0) is 20.1 Å². The molecule has 0 aliphatic carbocycles. The van der Waals surface area contributed by atoms with Gasteiger partial charge in [0.1, 0.15) is 28.8 Å². The van der Waals surface area contributed by atoms with Gasteiger partial charge in [0.15, 0.2) is 0 Å². The van der Waals surface area contributed by atoms with E-state index in [4.69, 9.17) is 4.74 Å². The van der Waals surface area contributed by atoms with E-state index in [1.807, 2.05) is 0 Å². The molecule has 0 radical (unpaired) electrons. The predicted octanol–water partition coefficient (Wildman–Crippen LogP) is 2.46. The Bertz CT molecular complexity index is 2060. The molecule has 3 aromatic rings. The second kappa shape index (κ2) is 15.3. The number of likely N-dealkylation sites (tertiary alicyclic amines) is 2. The van der Waals surface area contributed by atoms with Crippen LogP contribution in [0.25, 0.3) is 10.9 Å². The molecule has 3 fully saturated rings. The van der Waals surface area contributed by atoms with Gasteiger partial charge in [-0.15, -0.1) is 0 Å². The largest absolute Gasteiger partial charge is 0.493 e. The molecule has 0 spiro atoms. The molecule has 13 nitrogen and oxygen atoms in total. The van der Waals surface area contributed by atoms with Gasteiger partial charge in [-0.1, -0.05) is 11.8 Å². The number of H-pyrrole nitrogens is 1. The quantitative estimate of drug-likeness (QED) is 0.190. The van der Waals surface area contributed by atoms with Crippen LogP contribution in [-0.4, -0.2) is 105 Å². The molecule has 2 N–H and O–H groups in total. The Hall–Kier alpha value is -5.07. The van der Waals surface area contributed by atoms with E-state index in [1.54, 1.807) is 40.9 Å². The van der Waals surface area contributed by atoms with Gasteiger partial charge in [0.2, 0.25) is 18.2 Å². The second-order valence-electron chi connectivity index (χ2n) is 13.5. The molecule has 2 aromatic carbocycles. The second-order valence-corrected chi connectivity index (χ2v) is 14.8. The lowest BCUT2D eigenvalue weighted by Crippen LogP contribution is -2.54. The van der Waals surface area contributed by atoms with Crippen molar-refractivity contribution in [1.82, 2.24) is 30.0 Å². The molecule has 3 saturated heterocycles. The lowest BCUT2D eigenvalue weighted by Gasteiger charge is -2.30. The third-order valence-corrected chi connectivity index (χ3v) is 11.4. The number of benzene rings is 2. The summed E-state index contributed by atoms with van der Waals surface area (Å²) >= 11 is 1.70. The zero-order chi connectivity index (χ0) is 36.4. The SMILES string of the molecule is O=CN1CCC(COc2cc(F)c3c(=O)[nH]c(CSC4CCN(CC#Cc5ccc6c(c5)C(=O)N(C5CCC(=O)NC5=O)C6=O)CC4)nc3c2)CC1. The molecular weight excluding hydrogens is 692 g/mol. The maximum absolute atomic E-state index is 14.9. The van der Waals surface area contributed by atoms with Crippen molar-refractivity contribution in [2.24, 2.45) is 5.92 Å². The maximum atomic E-state index is 14.9. The minimum absolute atomic E-state index is 0.0606. The molecule has 5 amide bonds. The summed E-state index contributed by atoms with van der Waals surface area (Å²) < 4.78 is 20.8. The first-order chi connectivity index (χ1) is 25.2. The number of imide groups is 2. The number of hydrogen-bond acceptors (Lipinski definition) is 10. The number of aromatic nitrogens is 2. The minimum atomic E-state index is -1.01. The molecule has 4 aliphatic rings. The molecule has 1 aromatic heterocycles.